The summed E-state index contributed by atoms with van der Waals surface area (Å²) in [5.41, 5.74) is 1.87. The van der Waals surface area contributed by atoms with Gasteiger partial charge in [0.25, 0.3) is 5.91 Å². The van der Waals surface area contributed by atoms with Gasteiger partial charge < -0.3 is 10.6 Å². The van der Waals surface area contributed by atoms with Crippen LogP contribution in [-0.2, 0) is 9.59 Å². The average Bonchev–Trinajstić information content (AvgIpc) is 3.18. The molecule has 1 atom stereocenters. The molecule has 0 saturated heterocycles. The van der Waals surface area contributed by atoms with Crippen molar-refractivity contribution in [3.05, 3.63) is 65.6 Å². The van der Waals surface area contributed by atoms with E-state index in [1.807, 2.05) is 0 Å². The van der Waals surface area contributed by atoms with Crippen molar-refractivity contribution >= 4 is 34.9 Å². The predicted octanol–water partition coefficient (Wildman–Crippen LogP) is 3.86. The number of para-hydroxylation sites is 1. The number of hydrogen-bond acceptors (Lipinski definition) is 3. The second kappa shape index (κ2) is 6.85. The number of amides is 2. The number of carbonyl (C=O) groups is 2. The summed E-state index contributed by atoms with van der Waals surface area (Å²) in [7, 11) is 0. The third kappa shape index (κ3) is 3.29. The topological polar surface area (TPSA) is 76.0 Å². The van der Waals surface area contributed by atoms with E-state index >= 15 is 0 Å². The minimum atomic E-state index is -0.767. The predicted molar refractivity (Wildman–Crippen MR) is 100.0 cm³/mol. The van der Waals surface area contributed by atoms with Crippen LogP contribution in [0.1, 0.15) is 12.5 Å². The molecule has 8 heteroatoms. The molecule has 2 heterocycles. The first-order chi connectivity index (χ1) is 13.0. The van der Waals surface area contributed by atoms with Gasteiger partial charge in [0, 0.05) is 5.56 Å². The summed E-state index contributed by atoms with van der Waals surface area (Å²) >= 11 is 6.04. The minimum Gasteiger partial charge on any atom is -0.325 e. The highest BCUT2D eigenvalue weighted by Gasteiger charge is 2.35. The fraction of sp³-hybridized carbons (Fsp3) is 0.105. The zero-order chi connectivity index (χ0) is 19.0. The lowest BCUT2D eigenvalue weighted by molar-refractivity contribution is -0.123. The normalized spacial score (nSPS) is 15.3. The summed E-state index contributed by atoms with van der Waals surface area (Å²) in [6.07, 6.45) is 1.50. The van der Waals surface area contributed by atoms with E-state index < -0.39 is 6.04 Å². The summed E-state index contributed by atoms with van der Waals surface area (Å²) in [6.45, 7) is 0. The van der Waals surface area contributed by atoms with E-state index in [1.165, 1.54) is 16.8 Å². The fourth-order valence-corrected chi connectivity index (χ4v) is 3.18. The van der Waals surface area contributed by atoms with Crippen molar-refractivity contribution in [2.45, 2.75) is 12.5 Å². The van der Waals surface area contributed by atoms with E-state index in [0.29, 0.717) is 22.1 Å². The van der Waals surface area contributed by atoms with Crippen LogP contribution in [0, 0.1) is 5.82 Å². The van der Waals surface area contributed by atoms with Crippen LogP contribution in [0.15, 0.2) is 54.7 Å². The maximum Gasteiger partial charge on any atom is 0.251 e. The van der Waals surface area contributed by atoms with Gasteiger partial charge >= 0.3 is 0 Å². The third-order valence-corrected chi connectivity index (χ3v) is 4.65. The van der Waals surface area contributed by atoms with Crippen LogP contribution in [0.2, 0.25) is 5.02 Å². The number of rotatable bonds is 4. The Hall–Kier alpha value is -3.19. The molecule has 27 heavy (non-hydrogen) atoms. The van der Waals surface area contributed by atoms with Gasteiger partial charge in [0.2, 0.25) is 5.91 Å². The largest absolute Gasteiger partial charge is 0.325 e. The van der Waals surface area contributed by atoms with Gasteiger partial charge in [0.1, 0.15) is 17.7 Å². The number of hydrogen-bond donors (Lipinski definition) is 2. The summed E-state index contributed by atoms with van der Waals surface area (Å²) < 4.78 is 14.6. The van der Waals surface area contributed by atoms with Crippen LogP contribution in [-0.4, -0.2) is 21.6 Å². The number of fused-ring (bicyclic) bond motifs is 1. The molecule has 6 nitrogen and oxygen atoms in total. The second-order valence-electron chi connectivity index (χ2n) is 6.10. The molecule has 1 aliphatic rings. The Morgan fingerprint density at radius 2 is 1.96 bits per heavy atom. The van der Waals surface area contributed by atoms with Crippen LogP contribution in [0.3, 0.4) is 0 Å². The van der Waals surface area contributed by atoms with Crippen LogP contribution < -0.4 is 10.6 Å². The molecule has 2 aromatic carbocycles. The van der Waals surface area contributed by atoms with Crippen molar-refractivity contribution in [3.63, 3.8) is 0 Å². The van der Waals surface area contributed by atoms with Crippen molar-refractivity contribution in [1.82, 2.24) is 9.78 Å². The summed E-state index contributed by atoms with van der Waals surface area (Å²) in [4.78, 5) is 24.7. The summed E-state index contributed by atoms with van der Waals surface area (Å²) in [5, 5.41) is 10.1. The summed E-state index contributed by atoms with van der Waals surface area (Å²) in [5.74, 6) is -0.534. The number of nitrogens with zero attached hydrogens (tertiary/aromatic N) is 2. The van der Waals surface area contributed by atoms with E-state index in [2.05, 4.69) is 15.7 Å². The SMILES string of the molecule is O=C(C[C@@H]1C(=O)Nc2c(-c3ccc(F)cc3)cnn21)Nc1ccccc1Cl. The molecule has 0 fully saturated rings. The Balaban J connectivity index is 1.55. The molecule has 1 aliphatic heterocycles. The highest BCUT2D eigenvalue weighted by atomic mass is 35.5. The third-order valence-electron chi connectivity index (χ3n) is 4.32. The maximum absolute atomic E-state index is 13.1. The molecule has 4 rings (SSSR count). The zero-order valence-electron chi connectivity index (χ0n) is 13.9. The Labute approximate surface area is 158 Å². The van der Waals surface area contributed by atoms with Gasteiger partial charge in [0.15, 0.2) is 0 Å². The van der Waals surface area contributed by atoms with Crippen LogP contribution in [0.5, 0.6) is 0 Å². The van der Waals surface area contributed by atoms with Gasteiger partial charge in [-0.15, -0.1) is 0 Å². The van der Waals surface area contributed by atoms with Crippen molar-refractivity contribution in [1.29, 1.82) is 0 Å². The van der Waals surface area contributed by atoms with E-state index in [1.54, 1.807) is 42.6 Å². The van der Waals surface area contributed by atoms with Crippen LogP contribution in [0.4, 0.5) is 15.9 Å². The summed E-state index contributed by atoms with van der Waals surface area (Å²) in [6, 6.07) is 12.0. The Morgan fingerprint density at radius 1 is 1.22 bits per heavy atom. The highest BCUT2D eigenvalue weighted by Crippen LogP contribution is 2.35. The lowest BCUT2D eigenvalue weighted by Crippen LogP contribution is -2.23. The van der Waals surface area contributed by atoms with E-state index in [-0.39, 0.29) is 24.1 Å². The van der Waals surface area contributed by atoms with Gasteiger partial charge in [-0.05, 0) is 29.8 Å². The Morgan fingerprint density at radius 3 is 2.70 bits per heavy atom. The molecule has 0 aliphatic carbocycles. The van der Waals surface area contributed by atoms with Gasteiger partial charge in [-0.2, -0.15) is 5.10 Å². The quantitative estimate of drug-likeness (QED) is 0.717. The molecule has 3 aromatic rings. The number of benzene rings is 2. The number of carbonyl (C=O) groups excluding carboxylic acids is 2. The molecular formula is C19H14ClFN4O2. The molecule has 0 spiro atoms. The standard InChI is InChI=1S/C19H14ClFN4O2/c20-14-3-1-2-4-15(14)23-17(26)9-16-19(27)24-18-13(10-22-25(16)18)11-5-7-12(21)8-6-11/h1-8,10,16H,9H2,(H,23,26)(H,24,27)/t16-/m1/s1. The lowest BCUT2D eigenvalue weighted by atomic mass is 10.1. The van der Waals surface area contributed by atoms with Gasteiger partial charge in [-0.25, -0.2) is 9.07 Å². The van der Waals surface area contributed by atoms with Crippen molar-refractivity contribution < 1.29 is 14.0 Å². The number of halogens is 2. The fourth-order valence-electron chi connectivity index (χ4n) is 2.99. The number of anilines is 2. The minimum absolute atomic E-state index is 0.0887. The molecule has 1 aromatic heterocycles. The first-order valence-electron chi connectivity index (χ1n) is 8.21. The molecule has 0 bridgehead atoms. The van der Waals surface area contributed by atoms with E-state index in [4.69, 9.17) is 11.6 Å². The average molecular weight is 385 g/mol. The van der Waals surface area contributed by atoms with E-state index in [0.717, 1.165) is 5.56 Å². The molecule has 0 saturated carbocycles. The number of aromatic nitrogens is 2. The van der Waals surface area contributed by atoms with Crippen LogP contribution >= 0.6 is 11.6 Å². The maximum atomic E-state index is 13.1. The molecule has 0 radical (unpaired) electrons. The highest BCUT2D eigenvalue weighted by molar-refractivity contribution is 6.33. The van der Waals surface area contributed by atoms with Crippen molar-refractivity contribution in [3.8, 4) is 11.1 Å². The second-order valence-corrected chi connectivity index (χ2v) is 6.50. The molecule has 2 N–H and O–H groups in total. The number of nitrogens with one attached hydrogen (secondary N) is 2. The molecular weight excluding hydrogens is 371 g/mol. The lowest BCUT2D eigenvalue weighted by Gasteiger charge is -2.10. The zero-order valence-corrected chi connectivity index (χ0v) is 14.7. The molecule has 136 valence electrons. The van der Waals surface area contributed by atoms with Gasteiger partial charge in [0.05, 0.1) is 23.3 Å². The smallest absolute Gasteiger partial charge is 0.251 e. The first-order valence-corrected chi connectivity index (χ1v) is 8.59. The monoisotopic (exact) mass is 384 g/mol. The van der Waals surface area contributed by atoms with Crippen LogP contribution in [0.25, 0.3) is 11.1 Å². The van der Waals surface area contributed by atoms with Crippen molar-refractivity contribution in [2.75, 3.05) is 10.6 Å². The van der Waals surface area contributed by atoms with Gasteiger partial charge in [-0.1, -0.05) is 35.9 Å². The molecule has 0 unspecified atom stereocenters. The first kappa shape index (κ1) is 17.2. The van der Waals surface area contributed by atoms with E-state index in [9.17, 15) is 14.0 Å². The molecule has 2 amide bonds. The van der Waals surface area contributed by atoms with Crippen molar-refractivity contribution in [2.24, 2.45) is 0 Å². The Kier molecular flexibility index (Phi) is 4.37. The van der Waals surface area contributed by atoms with Gasteiger partial charge in [-0.3, -0.25) is 9.59 Å². The Bertz CT molecular complexity index is 1030.